The number of esters is 1. The fourth-order valence-corrected chi connectivity index (χ4v) is 5.17. The first-order valence-corrected chi connectivity index (χ1v) is 15.6. The number of aliphatic hydroxyl groups excluding tert-OH is 1. The van der Waals surface area contributed by atoms with Crippen LogP contribution in [0.1, 0.15) is 75.5 Å². The number of hydrazine groups is 1. The van der Waals surface area contributed by atoms with Crippen molar-refractivity contribution in [3.8, 4) is 0 Å². The first kappa shape index (κ1) is 36.5. The van der Waals surface area contributed by atoms with E-state index in [-0.39, 0.29) is 31.1 Å². The third kappa shape index (κ3) is 10.3. The number of piperidine rings is 1. The average Bonchev–Trinajstić information content (AvgIpc) is 3.37. The fraction of sp³-hybridized carbons (Fsp3) is 0.500. The molecule has 1 fully saturated rings. The van der Waals surface area contributed by atoms with Gasteiger partial charge in [0, 0.05) is 42.2 Å². The Morgan fingerprint density at radius 3 is 2.50 bits per heavy atom. The molecule has 0 saturated carbocycles. The molecule has 1 saturated heterocycles. The Balaban J connectivity index is 0.00000107. The molecular weight excluding hydrogens is 586 g/mol. The molecule has 3 aromatic rings. The van der Waals surface area contributed by atoms with E-state index >= 15 is 0 Å². The summed E-state index contributed by atoms with van der Waals surface area (Å²) < 4.78 is 13.1. The van der Waals surface area contributed by atoms with E-state index in [9.17, 15) is 9.90 Å². The molecule has 3 heterocycles. The number of benzene rings is 1. The number of hydrogen-bond acceptors (Lipinski definition) is 11. The maximum atomic E-state index is 12.6. The number of nitrogens with zero attached hydrogens (tertiary/aromatic N) is 5. The second-order valence-corrected chi connectivity index (χ2v) is 12.7. The van der Waals surface area contributed by atoms with Gasteiger partial charge in [0.1, 0.15) is 5.82 Å². The van der Waals surface area contributed by atoms with Crippen molar-refractivity contribution in [2.75, 3.05) is 31.2 Å². The number of rotatable bonds is 12. The summed E-state index contributed by atoms with van der Waals surface area (Å²) in [5.41, 5.74) is 10.3. The van der Waals surface area contributed by atoms with E-state index in [0.29, 0.717) is 35.8 Å². The average molecular weight is 638 g/mol. The molecule has 46 heavy (non-hydrogen) atoms. The summed E-state index contributed by atoms with van der Waals surface area (Å²) in [5, 5.41) is 24.5. The highest BCUT2D eigenvalue weighted by Gasteiger charge is 2.33. The quantitative estimate of drug-likeness (QED) is 0.0992. The van der Waals surface area contributed by atoms with E-state index in [4.69, 9.17) is 36.2 Å². The van der Waals surface area contributed by atoms with Crippen molar-refractivity contribution in [2.24, 2.45) is 11.6 Å². The first-order chi connectivity index (χ1) is 21.7. The lowest BCUT2D eigenvalue weighted by atomic mass is 9.93. The number of anilines is 1. The summed E-state index contributed by atoms with van der Waals surface area (Å²) in [4.78, 5) is 19.6. The number of aromatic nitrogens is 3. The van der Waals surface area contributed by atoms with Crippen molar-refractivity contribution < 1.29 is 24.5 Å². The molecule has 6 N–H and O–H groups in total. The normalized spacial score (nSPS) is 14.9. The number of ether oxygens (including phenoxy) is 2. The third-order valence-corrected chi connectivity index (χ3v) is 7.38. The van der Waals surface area contributed by atoms with Crippen LogP contribution in [0.2, 0.25) is 0 Å². The fourth-order valence-electron chi connectivity index (χ4n) is 5.17. The lowest BCUT2D eigenvalue weighted by Gasteiger charge is -2.40. The van der Waals surface area contributed by atoms with Crippen molar-refractivity contribution in [2.45, 2.75) is 85.2 Å². The molecule has 12 nitrogen and oxygen atoms in total. The molecule has 1 aromatic carbocycles. The second kappa shape index (κ2) is 16.0. The van der Waals surface area contributed by atoms with Crippen LogP contribution in [-0.4, -0.2) is 73.3 Å². The van der Waals surface area contributed by atoms with Crippen LogP contribution in [0.3, 0.4) is 0 Å². The Bertz CT molecular complexity index is 1500. The van der Waals surface area contributed by atoms with E-state index in [0.717, 1.165) is 48.6 Å². The lowest BCUT2D eigenvalue weighted by molar-refractivity contribution is -0.142. The highest BCUT2D eigenvalue weighted by Crippen LogP contribution is 2.33. The molecule has 1 aliphatic rings. The molecule has 12 heteroatoms. The van der Waals surface area contributed by atoms with Crippen molar-refractivity contribution >= 4 is 23.1 Å². The maximum Gasteiger partial charge on any atom is 0.310 e. The smallest absolute Gasteiger partial charge is 0.310 e. The van der Waals surface area contributed by atoms with Gasteiger partial charge in [-0.2, -0.15) is 9.61 Å². The summed E-state index contributed by atoms with van der Waals surface area (Å²) in [7, 11) is 0. The molecule has 252 valence electrons. The van der Waals surface area contributed by atoms with Crippen molar-refractivity contribution in [3.05, 3.63) is 77.3 Å². The number of hydrogen-bond donors (Lipinski definition) is 4. The van der Waals surface area contributed by atoms with Crippen LogP contribution in [0.5, 0.6) is 0 Å². The molecular formula is C34H51N7O5. The Labute approximate surface area is 272 Å². The highest BCUT2D eigenvalue weighted by molar-refractivity contribution is 5.76. The number of aliphatic hydroxyl groups is 2. The van der Waals surface area contributed by atoms with Crippen LogP contribution < -0.4 is 16.5 Å². The monoisotopic (exact) mass is 637 g/mol. The SMILES string of the molecule is C=CCOC1(C)CCN(c2c(CC(=O)OCC)c(C)nc3cc(CN(N)/C=C(\N)c4ccccc4CO)nn23)CC1.CC(C)(C)O. The lowest BCUT2D eigenvalue weighted by Crippen LogP contribution is -2.45. The molecule has 0 radical (unpaired) electrons. The number of fused-ring (bicyclic) bond motifs is 1. The zero-order valence-electron chi connectivity index (χ0n) is 28.1. The van der Waals surface area contributed by atoms with Gasteiger partial charge in [0.25, 0.3) is 0 Å². The summed E-state index contributed by atoms with van der Waals surface area (Å²) in [6, 6.07) is 9.25. The molecule has 1 aliphatic heterocycles. The van der Waals surface area contributed by atoms with Crippen LogP contribution >= 0.6 is 0 Å². The van der Waals surface area contributed by atoms with Gasteiger partial charge in [-0.1, -0.05) is 30.3 Å². The van der Waals surface area contributed by atoms with Crippen LogP contribution in [-0.2, 0) is 33.8 Å². The summed E-state index contributed by atoms with van der Waals surface area (Å²) in [6.45, 7) is 17.2. The molecule has 0 amide bonds. The largest absolute Gasteiger partial charge is 0.466 e. The van der Waals surface area contributed by atoms with Crippen molar-refractivity contribution in [1.82, 2.24) is 19.6 Å². The van der Waals surface area contributed by atoms with Gasteiger partial charge < -0.3 is 35.3 Å². The van der Waals surface area contributed by atoms with Crippen LogP contribution in [0.15, 0.2) is 49.2 Å². The molecule has 0 unspecified atom stereocenters. The van der Waals surface area contributed by atoms with Crippen LogP contribution in [0.4, 0.5) is 5.82 Å². The van der Waals surface area contributed by atoms with Gasteiger partial charge in [-0.3, -0.25) is 4.79 Å². The van der Waals surface area contributed by atoms with E-state index in [1.807, 2.05) is 37.3 Å². The minimum Gasteiger partial charge on any atom is -0.466 e. The van der Waals surface area contributed by atoms with Gasteiger partial charge in [-0.05, 0) is 59.9 Å². The Hall–Kier alpha value is -3.97. The minimum atomic E-state index is -0.500. The highest BCUT2D eigenvalue weighted by atomic mass is 16.5. The molecule has 4 rings (SSSR count). The standard InChI is InChI=1S/C30H41N7O4.C4H10O/c1-5-15-41-30(4)11-13-35(14-12-30)29-25(17-28(39)40-6-2)21(3)33-27-16-23(34-37(27)29)18-36(32)19-26(31)24-10-8-7-9-22(24)20-38;1-4(2,3)5/h5,7-10,16,19,38H,1,6,11-15,17-18,20,31-32H2,2-4H3;5H,1-3H3/b26-19-;. The van der Waals surface area contributed by atoms with Crippen LogP contribution in [0.25, 0.3) is 11.3 Å². The molecule has 0 spiro atoms. The zero-order chi connectivity index (χ0) is 34.1. The first-order valence-electron chi connectivity index (χ1n) is 15.6. The molecule has 0 atom stereocenters. The predicted octanol–water partition coefficient (Wildman–Crippen LogP) is 3.61. The number of carbonyl (C=O) groups excluding carboxylic acids is 1. The van der Waals surface area contributed by atoms with Gasteiger partial charge in [-0.15, -0.1) is 6.58 Å². The zero-order valence-corrected chi connectivity index (χ0v) is 28.1. The number of aryl methyl sites for hydroxylation is 1. The Morgan fingerprint density at radius 1 is 1.24 bits per heavy atom. The third-order valence-electron chi connectivity index (χ3n) is 7.38. The van der Waals surface area contributed by atoms with Crippen molar-refractivity contribution in [1.29, 1.82) is 0 Å². The molecule has 2 aromatic heterocycles. The van der Waals surface area contributed by atoms with E-state index in [1.54, 1.807) is 44.5 Å². The second-order valence-electron chi connectivity index (χ2n) is 12.7. The molecule has 0 bridgehead atoms. The Morgan fingerprint density at radius 2 is 1.89 bits per heavy atom. The van der Waals surface area contributed by atoms with Crippen molar-refractivity contribution in [3.63, 3.8) is 0 Å². The van der Waals surface area contributed by atoms with E-state index in [1.165, 1.54) is 5.01 Å². The summed E-state index contributed by atoms with van der Waals surface area (Å²) in [6.07, 6.45) is 5.11. The Kier molecular flexibility index (Phi) is 12.7. The van der Waals surface area contributed by atoms with Gasteiger partial charge >= 0.3 is 5.97 Å². The van der Waals surface area contributed by atoms with E-state index < -0.39 is 5.60 Å². The molecule has 0 aliphatic carbocycles. The number of nitrogens with two attached hydrogens (primary N) is 2. The number of carbonyl (C=O) groups is 1. The van der Waals surface area contributed by atoms with Gasteiger partial charge in [0.05, 0.1) is 55.4 Å². The maximum absolute atomic E-state index is 12.6. The van der Waals surface area contributed by atoms with Gasteiger partial charge in [-0.25, -0.2) is 10.8 Å². The minimum absolute atomic E-state index is 0.0976. The topological polar surface area (TPSA) is 165 Å². The predicted molar refractivity (Wildman–Crippen MR) is 180 cm³/mol. The van der Waals surface area contributed by atoms with Gasteiger partial charge in [0.15, 0.2) is 5.65 Å². The van der Waals surface area contributed by atoms with E-state index in [2.05, 4.69) is 18.4 Å². The summed E-state index contributed by atoms with van der Waals surface area (Å²) in [5.74, 6) is 6.84. The van der Waals surface area contributed by atoms with Gasteiger partial charge in [0.2, 0.25) is 0 Å². The van der Waals surface area contributed by atoms with Crippen LogP contribution in [0, 0.1) is 6.92 Å². The summed E-state index contributed by atoms with van der Waals surface area (Å²) >= 11 is 0.